The molecule has 0 spiro atoms. The molecule has 0 saturated carbocycles. The Morgan fingerprint density at radius 2 is 1.71 bits per heavy atom. The molecule has 240 valence electrons. The summed E-state index contributed by atoms with van der Waals surface area (Å²) in [5, 5.41) is 0.106. The Balaban J connectivity index is 1.76. The molecule has 2 aliphatic heterocycles. The first-order valence-corrected chi connectivity index (χ1v) is 20.6. The predicted octanol–water partition coefficient (Wildman–Crippen LogP) is 8.44. The average Bonchev–Trinajstić information content (AvgIpc) is 3.20. The smallest absolute Gasteiger partial charge is 0.306 e. The monoisotopic (exact) mass is 640 g/mol. The van der Waals surface area contributed by atoms with Gasteiger partial charge >= 0.3 is 5.97 Å². The van der Waals surface area contributed by atoms with E-state index in [4.69, 9.17) is 23.4 Å². The van der Waals surface area contributed by atoms with Crippen LogP contribution in [-0.4, -0.2) is 67.2 Å². The molecular formula is C33H56O6S2Si. The SMILES string of the molecule is CC(C)CC(=O)O[C@@H](C[C@H]1OC(C)(C)O[C@@H]1CO[Si](C)(C)C(C)(C)C)C1(CCCOCc2ccccc2)SCCCS1. The highest BCUT2D eigenvalue weighted by Crippen LogP contribution is 2.51. The Bertz CT molecular complexity index is 959. The van der Waals surface area contributed by atoms with Gasteiger partial charge in [0.05, 0.1) is 23.4 Å². The van der Waals surface area contributed by atoms with Crippen molar-refractivity contribution in [2.24, 2.45) is 5.92 Å². The molecule has 0 N–H and O–H groups in total. The number of hydrogen-bond acceptors (Lipinski definition) is 8. The Kier molecular flexibility index (Phi) is 13.4. The molecule has 0 aliphatic carbocycles. The number of esters is 1. The molecule has 0 aromatic heterocycles. The minimum Gasteiger partial charge on any atom is -0.460 e. The van der Waals surface area contributed by atoms with Crippen molar-refractivity contribution in [1.82, 2.24) is 0 Å². The quantitative estimate of drug-likeness (QED) is 0.108. The molecule has 0 bridgehead atoms. The normalized spacial score (nSPS) is 23.2. The van der Waals surface area contributed by atoms with Crippen molar-refractivity contribution in [3.8, 4) is 0 Å². The third kappa shape index (κ3) is 10.8. The van der Waals surface area contributed by atoms with Crippen LogP contribution in [-0.2, 0) is 34.8 Å². The van der Waals surface area contributed by atoms with Crippen molar-refractivity contribution in [3.63, 3.8) is 0 Å². The van der Waals surface area contributed by atoms with E-state index in [1.807, 2.05) is 55.6 Å². The lowest BCUT2D eigenvalue weighted by Gasteiger charge is -2.43. The summed E-state index contributed by atoms with van der Waals surface area (Å²) < 4.78 is 31.8. The van der Waals surface area contributed by atoms with Gasteiger partial charge in [0, 0.05) is 19.4 Å². The van der Waals surface area contributed by atoms with Crippen LogP contribution >= 0.6 is 23.5 Å². The molecule has 2 fully saturated rings. The van der Waals surface area contributed by atoms with E-state index in [-0.39, 0.29) is 39.3 Å². The molecule has 3 rings (SSSR count). The van der Waals surface area contributed by atoms with Crippen LogP contribution in [0.1, 0.15) is 86.1 Å². The van der Waals surface area contributed by atoms with Crippen LogP contribution < -0.4 is 0 Å². The fourth-order valence-electron chi connectivity index (χ4n) is 5.09. The molecule has 6 nitrogen and oxygen atoms in total. The van der Waals surface area contributed by atoms with E-state index in [1.54, 1.807) is 0 Å². The van der Waals surface area contributed by atoms with E-state index in [0.29, 0.717) is 32.7 Å². The highest BCUT2D eigenvalue weighted by molar-refractivity contribution is 8.18. The molecule has 9 heteroatoms. The van der Waals surface area contributed by atoms with Gasteiger partial charge < -0.3 is 23.4 Å². The summed E-state index contributed by atoms with van der Waals surface area (Å²) >= 11 is 3.90. The van der Waals surface area contributed by atoms with Crippen LogP contribution in [0.15, 0.2) is 30.3 Å². The highest BCUT2D eigenvalue weighted by atomic mass is 32.2. The van der Waals surface area contributed by atoms with E-state index < -0.39 is 14.1 Å². The summed E-state index contributed by atoms with van der Waals surface area (Å²) in [5.74, 6) is 1.50. The maximum atomic E-state index is 13.2. The molecule has 0 amide bonds. The largest absolute Gasteiger partial charge is 0.460 e. The second kappa shape index (κ2) is 15.6. The van der Waals surface area contributed by atoms with Crippen LogP contribution in [0.3, 0.4) is 0 Å². The van der Waals surface area contributed by atoms with Gasteiger partial charge in [-0.15, -0.1) is 23.5 Å². The molecule has 1 aromatic carbocycles. The van der Waals surface area contributed by atoms with Crippen molar-refractivity contribution in [3.05, 3.63) is 35.9 Å². The summed E-state index contributed by atoms with van der Waals surface area (Å²) in [6, 6.07) is 10.3. The fourth-order valence-corrected chi connectivity index (χ4v) is 9.63. The van der Waals surface area contributed by atoms with Crippen LogP contribution in [0.25, 0.3) is 0 Å². The number of ether oxygens (including phenoxy) is 4. The molecule has 0 radical (unpaired) electrons. The lowest BCUT2D eigenvalue weighted by molar-refractivity contribution is -0.157. The van der Waals surface area contributed by atoms with Crippen LogP contribution in [0.2, 0.25) is 18.1 Å². The second-order valence-corrected chi connectivity index (χ2v) is 22.0. The van der Waals surface area contributed by atoms with Crippen molar-refractivity contribution >= 4 is 37.8 Å². The number of thioether (sulfide) groups is 2. The lowest BCUT2D eigenvalue weighted by atomic mass is 10.0. The highest BCUT2D eigenvalue weighted by Gasteiger charge is 2.50. The first-order chi connectivity index (χ1) is 19.6. The summed E-state index contributed by atoms with van der Waals surface area (Å²) in [7, 11) is -1.97. The van der Waals surface area contributed by atoms with Gasteiger partial charge in [-0.25, -0.2) is 0 Å². The standard InChI is InChI=1S/C33H56O6S2Si/c1-25(2)21-30(34)37-29(22-27-28(39-32(6,7)38-27)24-36-42(8,9)31(3,4)5)33(40-19-14-20-41-33)17-13-18-35-23-26-15-11-10-12-16-26/h10-12,15-16,25,27-29H,13-14,17-24H2,1-9H3/t27-,28-,29+/m1/s1. The minimum atomic E-state index is -1.97. The Morgan fingerprint density at radius 3 is 2.33 bits per heavy atom. The molecule has 0 unspecified atom stereocenters. The van der Waals surface area contributed by atoms with Gasteiger partial charge in [-0.05, 0) is 74.2 Å². The van der Waals surface area contributed by atoms with Crippen LogP contribution in [0.5, 0.6) is 0 Å². The molecule has 3 atom stereocenters. The second-order valence-electron chi connectivity index (χ2n) is 14.1. The van der Waals surface area contributed by atoms with Gasteiger partial charge in [0.25, 0.3) is 0 Å². The number of hydrogen-bond donors (Lipinski definition) is 0. The van der Waals surface area contributed by atoms with Crippen molar-refractivity contribution in [2.45, 2.75) is 133 Å². The Hall–Kier alpha value is -0.553. The Labute approximate surface area is 265 Å². The number of carbonyl (C=O) groups is 1. The minimum absolute atomic E-state index is 0.106. The summed E-state index contributed by atoms with van der Waals surface area (Å²) in [6.07, 6.45) is 3.21. The summed E-state index contributed by atoms with van der Waals surface area (Å²) in [4.78, 5) is 13.2. The topological polar surface area (TPSA) is 63.2 Å². The zero-order valence-electron chi connectivity index (χ0n) is 27.5. The van der Waals surface area contributed by atoms with Crippen LogP contribution in [0.4, 0.5) is 0 Å². The van der Waals surface area contributed by atoms with Crippen molar-refractivity contribution < 1.29 is 28.2 Å². The maximum Gasteiger partial charge on any atom is 0.306 e. The molecule has 1 aromatic rings. The average molecular weight is 641 g/mol. The van der Waals surface area contributed by atoms with E-state index in [1.165, 1.54) is 5.56 Å². The number of rotatable bonds is 15. The van der Waals surface area contributed by atoms with Gasteiger partial charge in [-0.3, -0.25) is 4.79 Å². The molecule has 2 heterocycles. The molecule has 42 heavy (non-hydrogen) atoms. The fraction of sp³-hybridized carbons (Fsp3) is 0.788. The van der Waals surface area contributed by atoms with Gasteiger partial charge in [0.1, 0.15) is 12.2 Å². The number of carbonyl (C=O) groups excluding carboxylic acids is 1. The lowest BCUT2D eigenvalue weighted by Crippen LogP contribution is -2.47. The zero-order chi connectivity index (χ0) is 31.0. The first kappa shape index (κ1) is 35.9. The molecular weight excluding hydrogens is 585 g/mol. The first-order valence-electron chi connectivity index (χ1n) is 15.7. The third-order valence-electron chi connectivity index (χ3n) is 8.39. The third-order valence-corrected chi connectivity index (χ3v) is 16.5. The van der Waals surface area contributed by atoms with E-state index in [2.05, 4.69) is 59.8 Å². The maximum absolute atomic E-state index is 13.2. The molecule has 2 saturated heterocycles. The Morgan fingerprint density at radius 1 is 1.07 bits per heavy atom. The molecule has 2 aliphatic rings. The van der Waals surface area contributed by atoms with Gasteiger partial charge in [0.15, 0.2) is 14.1 Å². The van der Waals surface area contributed by atoms with Gasteiger partial charge in [-0.2, -0.15) is 0 Å². The predicted molar refractivity (Wildman–Crippen MR) is 179 cm³/mol. The van der Waals surface area contributed by atoms with Crippen LogP contribution in [0, 0.1) is 5.92 Å². The van der Waals surface area contributed by atoms with E-state index in [0.717, 1.165) is 30.8 Å². The number of benzene rings is 1. The van der Waals surface area contributed by atoms with E-state index in [9.17, 15) is 4.79 Å². The van der Waals surface area contributed by atoms with E-state index >= 15 is 0 Å². The summed E-state index contributed by atoms with van der Waals surface area (Å²) in [5.41, 5.74) is 1.18. The van der Waals surface area contributed by atoms with Crippen molar-refractivity contribution in [1.29, 1.82) is 0 Å². The zero-order valence-corrected chi connectivity index (χ0v) is 30.2. The van der Waals surface area contributed by atoms with Crippen molar-refractivity contribution in [2.75, 3.05) is 24.7 Å². The van der Waals surface area contributed by atoms with Gasteiger partial charge in [-0.1, -0.05) is 65.0 Å². The summed E-state index contributed by atoms with van der Waals surface area (Å²) in [6.45, 7) is 21.1. The van der Waals surface area contributed by atoms with Gasteiger partial charge in [0.2, 0.25) is 0 Å².